The van der Waals surface area contributed by atoms with Gasteiger partial charge in [0.2, 0.25) is 0 Å². The highest BCUT2D eigenvalue weighted by molar-refractivity contribution is 5.77. The number of esters is 1. The number of hydrogen-bond donors (Lipinski definition) is 2. The molecule has 31 heavy (non-hydrogen) atoms. The van der Waals surface area contributed by atoms with Crippen molar-refractivity contribution in [3.63, 3.8) is 0 Å². The van der Waals surface area contributed by atoms with Gasteiger partial charge in [-0.15, -0.1) is 0 Å². The minimum Gasteiger partial charge on any atom is -0.462 e. The van der Waals surface area contributed by atoms with Crippen LogP contribution in [0, 0.1) is 12.8 Å². The minimum atomic E-state index is -0.900. The van der Waals surface area contributed by atoms with E-state index in [0.717, 1.165) is 12.0 Å². The lowest BCUT2D eigenvalue weighted by Gasteiger charge is -2.18. The topological polar surface area (TPSA) is 111 Å². The van der Waals surface area contributed by atoms with E-state index in [-0.39, 0.29) is 13.0 Å². The highest BCUT2D eigenvalue weighted by atomic mass is 16.6. The number of aryl methyl sites for hydroxylation is 1. The number of aromatic amines is 1. The van der Waals surface area contributed by atoms with E-state index in [9.17, 15) is 19.5 Å². The van der Waals surface area contributed by atoms with Crippen molar-refractivity contribution in [2.24, 2.45) is 5.92 Å². The smallest absolute Gasteiger partial charge is 0.330 e. The SMILES string of the molecule is Cc1cn([C@H]2C[C@H](O)[C@@H](COC(=O)[C@@H](C)c3ccc(CC(C)C)cc3)O2)c(=O)[nH]c1=O. The second-order valence-corrected chi connectivity index (χ2v) is 8.60. The van der Waals surface area contributed by atoms with Gasteiger partial charge in [0.15, 0.2) is 0 Å². The van der Waals surface area contributed by atoms with Gasteiger partial charge in [0.25, 0.3) is 5.56 Å². The van der Waals surface area contributed by atoms with E-state index in [1.54, 1.807) is 13.8 Å². The van der Waals surface area contributed by atoms with Crippen molar-refractivity contribution in [1.82, 2.24) is 9.55 Å². The third-order valence-electron chi connectivity index (χ3n) is 5.53. The average Bonchev–Trinajstić information content (AvgIpc) is 3.08. The minimum absolute atomic E-state index is 0.122. The van der Waals surface area contributed by atoms with Crippen molar-refractivity contribution in [2.45, 2.75) is 64.9 Å². The number of ether oxygens (including phenoxy) is 2. The molecular formula is C23H30N2O6. The maximum absolute atomic E-state index is 12.5. The standard InChI is InChI=1S/C23H30N2O6/c1-13(2)9-16-5-7-17(8-6-16)15(4)22(28)30-12-19-18(26)10-20(31-19)25-11-14(3)21(27)24-23(25)29/h5-8,11,13,15,18-20,26H,9-10,12H2,1-4H3,(H,24,27,29)/t15-,18-,19+,20+/m0/s1. The summed E-state index contributed by atoms with van der Waals surface area (Å²) in [4.78, 5) is 38.3. The number of nitrogens with zero attached hydrogens (tertiary/aromatic N) is 1. The van der Waals surface area contributed by atoms with Crippen LogP contribution < -0.4 is 11.2 Å². The Bertz CT molecular complexity index is 1020. The maximum atomic E-state index is 12.5. The Labute approximate surface area is 180 Å². The molecule has 0 amide bonds. The molecule has 0 unspecified atom stereocenters. The number of carbonyl (C=O) groups excluding carboxylic acids is 1. The van der Waals surface area contributed by atoms with Gasteiger partial charge < -0.3 is 14.6 Å². The van der Waals surface area contributed by atoms with Crippen molar-refractivity contribution in [2.75, 3.05) is 6.61 Å². The first-order chi connectivity index (χ1) is 14.7. The summed E-state index contributed by atoms with van der Waals surface area (Å²) in [6, 6.07) is 7.92. The summed E-state index contributed by atoms with van der Waals surface area (Å²) in [6.45, 7) is 7.55. The zero-order valence-corrected chi connectivity index (χ0v) is 18.3. The Morgan fingerprint density at radius 1 is 1.26 bits per heavy atom. The Morgan fingerprint density at radius 3 is 2.58 bits per heavy atom. The number of benzene rings is 1. The number of hydrogen-bond acceptors (Lipinski definition) is 6. The van der Waals surface area contributed by atoms with E-state index in [1.807, 2.05) is 24.3 Å². The first kappa shape index (κ1) is 23.0. The largest absolute Gasteiger partial charge is 0.462 e. The zero-order chi connectivity index (χ0) is 22.7. The normalized spacial score (nSPS) is 21.9. The summed E-state index contributed by atoms with van der Waals surface area (Å²) in [6.07, 6.45) is 0.136. The van der Waals surface area contributed by atoms with E-state index < -0.39 is 41.6 Å². The van der Waals surface area contributed by atoms with Crippen LogP contribution in [-0.4, -0.2) is 39.4 Å². The summed E-state index contributed by atoms with van der Waals surface area (Å²) in [5.41, 5.74) is 1.37. The molecule has 4 atom stereocenters. The molecule has 3 rings (SSSR count). The van der Waals surface area contributed by atoms with E-state index >= 15 is 0 Å². The van der Waals surface area contributed by atoms with Crippen LogP contribution in [0.3, 0.4) is 0 Å². The van der Waals surface area contributed by atoms with E-state index in [2.05, 4.69) is 18.8 Å². The monoisotopic (exact) mass is 430 g/mol. The van der Waals surface area contributed by atoms with Gasteiger partial charge in [-0.05, 0) is 37.3 Å². The number of aliphatic hydroxyl groups is 1. The fourth-order valence-corrected chi connectivity index (χ4v) is 3.68. The molecule has 8 nitrogen and oxygen atoms in total. The Balaban J connectivity index is 1.58. The van der Waals surface area contributed by atoms with E-state index in [4.69, 9.17) is 9.47 Å². The molecule has 1 aliphatic rings. The number of rotatable bonds is 7. The van der Waals surface area contributed by atoms with Gasteiger partial charge in [-0.3, -0.25) is 19.1 Å². The van der Waals surface area contributed by atoms with E-state index in [1.165, 1.54) is 16.3 Å². The van der Waals surface area contributed by atoms with Crippen molar-refractivity contribution in [3.8, 4) is 0 Å². The van der Waals surface area contributed by atoms with Gasteiger partial charge in [0.1, 0.15) is 18.9 Å². The summed E-state index contributed by atoms with van der Waals surface area (Å²) in [5.74, 6) is -0.300. The Kier molecular flexibility index (Phi) is 7.12. The van der Waals surface area contributed by atoms with Crippen LogP contribution in [0.25, 0.3) is 0 Å². The molecule has 0 spiro atoms. The van der Waals surface area contributed by atoms with Gasteiger partial charge in [0.05, 0.1) is 12.0 Å². The quantitative estimate of drug-likeness (QED) is 0.651. The van der Waals surface area contributed by atoms with Crippen molar-refractivity contribution in [3.05, 3.63) is 68.0 Å². The number of carbonyl (C=O) groups is 1. The van der Waals surface area contributed by atoms with Gasteiger partial charge in [-0.1, -0.05) is 38.1 Å². The van der Waals surface area contributed by atoms with Gasteiger partial charge >= 0.3 is 11.7 Å². The molecule has 1 fully saturated rings. The summed E-state index contributed by atoms with van der Waals surface area (Å²) >= 11 is 0. The molecule has 1 aliphatic heterocycles. The summed E-state index contributed by atoms with van der Waals surface area (Å²) < 4.78 is 12.4. The van der Waals surface area contributed by atoms with Crippen LogP contribution >= 0.6 is 0 Å². The molecule has 0 aliphatic carbocycles. The van der Waals surface area contributed by atoms with Crippen LogP contribution in [0.2, 0.25) is 0 Å². The molecule has 1 saturated heterocycles. The second kappa shape index (κ2) is 9.62. The average molecular weight is 431 g/mol. The summed E-state index contributed by atoms with van der Waals surface area (Å²) in [7, 11) is 0. The molecule has 2 N–H and O–H groups in total. The lowest BCUT2D eigenvalue weighted by atomic mass is 9.97. The molecular weight excluding hydrogens is 400 g/mol. The second-order valence-electron chi connectivity index (χ2n) is 8.60. The third kappa shape index (κ3) is 5.51. The third-order valence-corrected chi connectivity index (χ3v) is 5.53. The molecule has 2 heterocycles. The highest BCUT2D eigenvalue weighted by Gasteiger charge is 2.36. The predicted molar refractivity (Wildman–Crippen MR) is 115 cm³/mol. The number of H-pyrrole nitrogens is 1. The fourth-order valence-electron chi connectivity index (χ4n) is 3.68. The fraction of sp³-hybridized carbons (Fsp3) is 0.522. The van der Waals surface area contributed by atoms with Crippen LogP contribution in [0.4, 0.5) is 0 Å². The zero-order valence-electron chi connectivity index (χ0n) is 18.3. The molecule has 8 heteroatoms. The summed E-state index contributed by atoms with van der Waals surface area (Å²) in [5, 5.41) is 10.3. The van der Waals surface area contributed by atoms with Crippen molar-refractivity contribution in [1.29, 1.82) is 0 Å². The maximum Gasteiger partial charge on any atom is 0.330 e. The van der Waals surface area contributed by atoms with Gasteiger partial charge in [-0.25, -0.2) is 4.79 Å². The molecule has 2 aromatic rings. The molecule has 0 bridgehead atoms. The van der Waals surface area contributed by atoms with Crippen LogP contribution in [0.1, 0.15) is 56.0 Å². The van der Waals surface area contributed by atoms with Crippen molar-refractivity contribution >= 4 is 5.97 Å². The predicted octanol–water partition coefficient (Wildman–Crippen LogP) is 2.04. The van der Waals surface area contributed by atoms with Gasteiger partial charge in [-0.2, -0.15) is 0 Å². The molecule has 0 saturated carbocycles. The Morgan fingerprint density at radius 2 is 1.94 bits per heavy atom. The lowest BCUT2D eigenvalue weighted by Crippen LogP contribution is -2.33. The molecule has 1 aromatic heterocycles. The van der Waals surface area contributed by atoms with Crippen LogP contribution in [0.15, 0.2) is 40.1 Å². The first-order valence-electron chi connectivity index (χ1n) is 10.6. The number of aliphatic hydroxyl groups excluding tert-OH is 1. The molecule has 1 aromatic carbocycles. The number of nitrogens with one attached hydrogen (secondary N) is 1. The molecule has 168 valence electrons. The van der Waals surface area contributed by atoms with Crippen LogP contribution in [-0.2, 0) is 20.7 Å². The number of aromatic nitrogens is 2. The van der Waals surface area contributed by atoms with Gasteiger partial charge in [0, 0.05) is 18.2 Å². The van der Waals surface area contributed by atoms with Crippen LogP contribution in [0.5, 0.6) is 0 Å². The first-order valence-corrected chi connectivity index (χ1v) is 10.6. The molecule has 0 radical (unpaired) electrons. The lowest BCUT2D eigenvalue weighted by molar-refractivity contribution is -0.151. The van der Waals surface area contributed by atoms with Crippen molar-refractivity contribution < 1.29 is 19.4 Å². The Hall–Kier alpha value is -2.71. The van der Waals surface area contributed by atoms with E-state index in [0.29, 0.717) is 11.5 Å². The highest BCUT2D eigenvalue weighted by Crippen LogP contribution is 2.28.